The van der Waals surface area contributed by atoms with E-state index in [1.807, 2.05) is 35.2 Å². The number of ether oxygens (including phenoxy) is 2. The number of hydrogen-bond donors (Lipinski definition) is 1. The lowest BCUT2D eigenvalue weighted by atomic mass is 9.91. The van der Waals surface area contributed by atoms with Gasteiger partial charge >= 0.3 is 0 Å². The fourth-order valence-electron chi connectivity index (χ4n) is 3.49. The molecule has 2 aliphatic heterocycles. The van der Waals surface area contributed by atoms with Crippen molar-refractivity contribution in [2.75, 3.05) is 52.5 Å². The molecule has 8 heteroatoms. The lowest BCUT2D eigenvalue weighted by molar-refractivity contribution is -0.136. The van der Waals surface area contributed by atoms with Gasteiger partial charge in [-0.1, -0.05) is 18.2 Å². The number of nitrogens with two attached hydrogens (primary N) is 1. The molecular weight excluding hydrogens is 389 g/mol. The Morgan fingerprint density at radius 1 is 1.11 bits per heavy atom. The van der Waals surface area contributed by atoms with Gasteiger partial charge in [0.2, 0.25) is 5.91 Å². The van der Waals surface area contributed by atoms with Crippen molar-refractivity contribution in [3.8, 4) is 5.75 Å². The summed E-state index contributed by atoms with van der Waals surface area (Å²) in [4.78, 5) is 16.9. The van der Waals surface area contributed by atoms with Crippen molar-refractivity contribution in [1.29, 1.82) is 0 Å². The van der Waals surface area contributed by atoms with Gasteiger partial charge in [-0.25, -0.2) is 0 Å². The number of rotatable bonds is 6. The molecule has 1 aromatic rings. The standard InChI is InChI=1S/C19H29N3O3.2ClH/c20-18(16-6-13-24-14-7-16)19(23)22-10-8-21(9-11-22)12-15-25-17-4-2-1-3-5-17;;/h1-5,16,18H,6-15,20H2;2*1H. The van der Waals surface area contributed by atoms with Crippen LogP contribution in [-0.4, -0.2) is 74.3 Å². The molecule has 27 heavy (non-hydrogen) atoms. The average Bonchev–Trinajstić information content (AvgIpc) is 2.69. The molecule has 2 aliphatic rings. The second kappa shape index (κ2) is 12.4. The summed E-state index contributed by atoms with van der Waals surface area (Å²) in [7, 11) is 0. The van der Waals surface area contributed by atoms with E-state index in [4.69, 9.17) is 15.2 Å². The lowest BCUT2D eigenvalue weighted by Gasteiger charge is -2.37. The second-order valence-corrected chi connectivity index (χ2v) is 6.80. The van der Waals surface area contributed by atoms with Crippen LogP contribution in [0.4, 0.5) is 0 Å². The van der Waals surface area contributed by atoms with Gasteiger partial charge in [-0.3, -0.25) is 9.69 Å². The molecule has 1 atom stereocenters. The molecule has 2 N–H and O–H groups in total. The predicted octanol–water partition coefficient (Wildman–Crippen LogP) is 1.81. The van der Waals surface area contributed by atoms with Crippen LogP contribution in [0.25, 0.3) is 0 Å². The molecule has 0 saturated carbocycles. The Hall–Kier alpha value is -1.05. The van der Waals surface area contributed by atoms with E-state index in [0.717, 1.165) is 64.5 Å². The summed E-state index contributed by atoms with van der Waals surface area (Å²) in [6.45, 7) is 6.25. The first-order valence-corrected chi connectivity index (χ1v) is 9.26. The highest BCUT2D eigenvalue weighted by Gasteiger charge is 2.31. The summed E-state index contributed by atoms with van der Waals surface area (Å²) in [6, 6.07) is 9.48. The van der Waals surface area contributed by atoms with E-state index in [2.05, 4.69) is 4.90 Å². The van der Waals surface area contributed by atoms with Crippen LogP contribution in [0.3, 0.4) is 0 Å². The quantitative estimate of drug-likeness (QED) is 0.761. The van der Waals surface area contributed by atoms with Crippen LogP contribution < -0.4 is 10.5 Å². The van der Waals surface area contributed by atoms with Crippen LogP contribution in [0.5, 0.6) is 5.75 Å². The summed E-state index contributed by atoms with van der Waals surface area (Å²) in [6.07, 6.45) is 1.79. The molecule has 0 aromatic heterocycles. The summed E-state index contributed by atoms with van der Waals surface area (Å²) in [5.41, 5.74) is 6.22. The molecule has 6 nitrogen and oxygen atoms in total. The minimum atomic E-state index is -0.378. The highest BCUT2D eigenvalue weighted by atomic mass is 35.5. The predicted molar refractivity (Wildman–Crippen MR) is 111 cm³/mol. The SMILES string of the molecule is Cl.Cl.NC(C(=O)N1CCN(CCOc2ccccc2)CC1)C1CCOCC1. The Morgan fingerprint density at radius 3 is 2.37 bits per heavy atom. The van der Waals surface area contributed by atoms with Crippen LogP contribution in [0.15, 0.2) is 30.3 Å². The van der Waals surface area contributed by atoms with Crippen molar-refractivity contribution in [2.24, 2.45) is 11.7 Å². The van der Waals surface area contributed by atoms with Crippen LogP contribution >= 0.6 is 24.8 Å². The summed E-state index contributed by atoms with van der Waals surface area (Å²) in [5, 5.41) is 0. The third kappa shape index (κ3) is 7.12. The number of hydrogen-bond acceptors (Lipinski definition) is 5. The molecule has 0 spiro atoms. The van der Waals surface area contributed by atoms with Gasteiger partial charge in [0.05, 0.1) is 6.04 Å². The largest absolute Gasteiger partial charge is 0.492 e. The average molecular weight is 420 g/mol. The molecule has 0 aliphatic carbocycles. The number of halogens is 2. The van der Waals surface area contributed by atoms with Gasteiger partial charge in [-0.2, -0.15) is 0 Å². The number of nitrogens with zero attached hydrogens (tertiary/aromatic N) is 2. The maximum absolute atomic E-state index is 12.6. The lowest BCUT2D eigenvalue weighted by Crippen LogP contribution is -2.55. The number of amides is 1. The monoisotopic (exact) mass is 419 g/mol. The smallest absolute Gasteiger partial charge is 0.239 e. The zero-order valence-electron chi connectivity index (χ0n) is 15.6. The number of piperazine rings is 1. The van der Waals surface area contributed by atoms with Gasteiger partial charge < -0.3 is 20.1 Å². The highest BCUT2D eigenvalue weighted by molar-refractivity contribution is 5.85. The van der Waals surface area contributed by atoms with Crippen LogP contribution in [0.1, 0.15) is 12.8 Å². The molecule has 1 amide bonds. The van der Waals surface area contributed by atoms with E-state index in [1.54, 1.807) is 0 Å². The Kier molecular flexibility index (Phi) is 11.0. The zero-order valence-corrected chi connectivity index (χ0v) is 17.3. The van der Waals surface area contributed by atoms with Gasteiger partial charge in [0, 0.05) is 45.9 Å². The Morgan fingerprint density at radius 2 is 1.74 bits per heavy atom. The van der Waals surface area contributed by atoms with Crippen LogP contribution in [0, 0.1) is 5.92 Å². The molecular formula is C19H31Cl2N3O3. The maximum atomic E-state index is 12.6. The second-order valence-electron chi connectivity index (χ2n) is 6.80. The minimum absolute atomic E-state index is 0. The van der Waals surface area contributed by atoms with Crippen molar-refractivity contribution >= 4 is 30.7 Å². The van der Waals surface area contributed by atoms with Gasteiger partial charge in [0.25, 0.3) is 0 Å². The third-order valence-corrected chi connectivity index (χ3v) is 5.16. The molecule has 2 heterocycles. The number of para-hydroxylation sites is 1. The number of benzene rings is 1. The fourth-order valence-corrected chi connectivity index (χ4v) is 3.49. The van der Waals surface area contributed by atoms with Gasteiger partial charge in [0.1, 0.15) is 12.4 Å². The van der Waals surface area contributed by atoms with Crippen LogP contribution in [0.2, 0.25) is 0 Å². The van der Waals surface area contributed by atoms with E-state index in [0.29, 0.717) is 6.61 Å². The molecule has 1 aromatic carbocycles. The summed E-state index contributed by atoms with van der Waals surface area (Å²) < 4.78 is 11.1. The fraction of sp³-hybridized carbons (Fsp3) is 0.632. The third-order valence-electron chi connectivity index (χ3n) is 5.16. The molecule has 1 unspecified atom stereocenters. The van der Waals surface area contributed by atoms with E-state index < -0.39 is 0 Å². The molecule has 0 bridgehead atoms. The zero-order chi connectivity index (χ0) is 17.5. The van der Waals surface area contributed by atoms with Crippen molar-refractivity contribution in [1.82, 2.24) is 9.80 Å². The van der Waals surface area contributed by atoms with E-state index >= 15 is 0 Å². The number of carbonyl (C=O) groups excluding carboxylic acids is 1. The first kappa shape index (κ1) is 24.0. The van der Waals surface area contributed by atoms with Crippen molar-refractivity contribution in [3.05, 3.63) is 30.3 Å². The first-order chi connectivity index (χ1) is 12.2. The molecule has 2 saturated heterocycles. The van der Waals surface area contributed by atoms with Gasteiger partial charge in [-0.05, 0) is 30.9 Å². The van der Waals surface area contributed by atoms with E-state index in [9.17, 15) is 4.79 Å². The topological polar surface area (TPSA) is 68.0 Å². The molecule has 0 radical (unpaired) electrons. The summed E-state index contributed by atoms with van der Waals surface area (Å²) in [5.74, 6) is 1.27. The molecule has 2 fully saturated rings. The van der Waals surface area contributed by atoms with E-state index in [1.165, 1.54) is 0 Å². The maximum Gasteiger partial charge on any atom is 0.239 e. The van der Waals surface area contributed by atoms with Crippen molar-refractivity contribution in [2.45, 2.75) is 18.9 Å². The van der Waals surface area contributed by atoms with Crippen molar-refractivity contribution < 1.29 is 14.3 Å². The Labute approximate surface area is 174 Å². The number of carbonyl (C=O) groups is 1. The van der Waals surface area contributed by atoms with Crippen molar-refractivity contribution in [3.63, 3.8) is 0 Å². The van der Waals surface area contributed by atoms with Gasteiger partial charge in [0.15, 0.2) is 0 Å². The Bertz CT molecular complexity index is 536. The minimum Gasteiger partial charge on any atom is -0.492 e. The normalized spacial score (nSPS) is 19.5. The van der Waals surface area contributed by atoms with E-state index in [-0.39, 0.29) is 42.7 Å². The first-order valence-electron chi connectivity index (χ1n) is 9.26. The molecule has 154 valence electrons. The van der Waals surface area contributed by atoms with Crippen LogP contribution in [-0.2, 0) is 9.53 Å². The van der Waals surface area contributed by atoms with Gasteiger partial charge in [-0.15, -0.1) is 24.8 Å². The Balaban J connectivity index is 0.00000182. The highest BCUT2D eigenvalue weighted by Crippen LogP contribution is 2.19. The molecule has 3 rings (SSSR count). The summed E-state index contributed by atoms with van der Waals surface area (Å²) >= 11 is 0.